The second-order valence-electron chi connectivity index (χ2n) is 10.9. The number of morpholine rings is 1. The highest BCUT2D eigenvalue weighted by atomic mass is 16.5. The van der Waals surface area contributed by atoms with Gasteiger partial charge in [-0.05, 0) is 72.5 Å². The Morgan fingerprint density at radius 1 is 1.02 bits per heavy atom. The summed E-state index contributed by atoms with van der Waals surface area (Å²) < 4.78 is 5.51. The molecule has 0 bridgehead atoms. The largest absolute Gasteiger partial charge is 0.373 e. The smallest absolute Gasteiger partial charge is 0.248 e. The molecular formula is C33H35N5O3. The van der Waals surface area contributed by atoms with Crippen LogP contribution in [0.1, 0.15) is 41.5 Å². The summed E-state index contributed by atoms with van der Waals surface area (Å²) >= 11 is 0. The van der Waals surface area contributed by atoms with Crippen molar-refractivity contribution in [2.45, 2.75) is 36.9 Å². The molecule has 3 fully saturated rings. The molecule has 1 aliphatic carbocycles. The topological polar surface area (TPSA) is 95.1 Å². The first-order chi connectivity index (χ1) is 20.1. The first-order valence-corrected chi connectivity index (χ1v) is 14.2. The van der Waals surface area contributed by atoms with E-state index in [2.05, 4.69) is 44.7 Å². The molecule has 2 unspecified atom stereocenters. The van der Waals surface area contributed by atoms with E-state index in [9.17, 15) is 9.59 Å². The number of likely N-dealkylation sites (tertiary alicyclic amines) is 1. The van der Waals surface area contributed by atoms with Crippen LogP contribution >= 0.6 is 0 Å². The summed E-state index contributed by atoms with van der Waals surface area (Å²) in [6, 6.07) is 23.1. The van der Waals surface area contributed by atoms with Crippen LogP contribution in [0.3, 0.4) is 0 Å². The zero-order valence-electron chi connectivity index (χ0n) is 23.0. The SMILES string of the molecule is C=Nc1ccccc1NC(=O)/C=C/c1ccc(C(NCCN2C[C@H]3OCC32)C(=O)Nc2ccc(C3CC3)cc2)cc1. The van der Waals surface area contributed by atoms with E-state index >= 15 is 0 Å². The summed E-state index contributed by atoms with van der Waals surface area (Å²) in [5.74, 6) is 0.312. The molecule has 3 atom stereocenters. The Kier molecular flexibility index (Phi) is 8.04. The van der Waals surface area contributed by atoms with Gasteiger partial charge in [0.05, 0.1) is 30.1 Å². The van der Waals surface area contributed by atoms with Crippen molar-refractivity contribution in [3.05, 3.63) is 95.6 Å². The Balaban J connectivity index is 1.10. The van der Waals surface area contributed by atoms with Gasteiger partial charge >= 0.3 is 0 Å². The fraction of sp³-hybridized carbons (Fsp3) is 0.303. The summed E-state index contributed by atoms with van der Waals surface area (Å²) in [4.78, 5) is 32.3. The predicted molar refractivity (Wildman–Crippen MR) is 163 cm³/mol. The lowest BCUT2D eigenvalue weighted by atomic mass is 9.95. The molecule has 2 amide bonds. The number of rotatable bonds is 12. The van der Waals surface area contributed by atoms with Gasteiger partial charge in [-0.3, -0.25) is 19.5 Å². The minimum absolute atomic E-state index is 0.102. The van der Waals surface area contributed by atoms with Crippen LogP contribution in [0.2, 0.25) is 0 Å². The standard InChI is InChI=1S/C33H35N5O3/c1-34-27-4-2-3-5-28(27)37-31(39)17-8-22-6-9-25(10-7-22)32(35-18-19-38-20-30-29(38)21-41-30)33(40)36-26-15-13-24(14-16-26)23-11-12-23/h2-10,13-17,23,29-30,32,35H,1,11-12,18-21H2,(H,36,40)(H,37,39)/b17-8+/t29?,30-,32?/m1/s1. The first-order valence-electron chi connectivity index (χ1n) is 14.2. The number of carbonyl (C=O) groups is 2. The average molecular weight is 550 g/mol. The number of ether oxygens (including phenoxy) is 1. The Hall–Kier alpha value is -4.11. The van der Waals surface area contributed by atoms with Crippen LogP contribution in [-0.2, 0) is 14.3 Å². The van der Waals surface area contributed by atoms with Crippen molar-refractivity contribution >= 4 is 41.7 Å². The van der Waals surface area contributed by atoms with Crippen molar-refractivity contribution in [2.75, 3.05) is 36.9 Å². The molecule has 0 aromatic heterocycles. The van der Waals surface area contributed by atoms with E-state index < -0.39 is 6.04 Å². The lowest BCUT2D eigenvalue weighted by molar-refractivity contribution is -0.213. The minimum atomic E-state index is -0.517. The molecule has 2 heterocycles. The quantitative estimate of drug-likeness (QED) is 0.221. The monoisotopic (exact) mass is 549 g/mol. The van der Waals surface area contributed by atoms with Gasteiger partial charge in [0.2, 0.25) is 11.8 Å². The zero-order valence-corrected chi connectivity index (χ0v) is 23.0. The van der Waals surface area contributed by atoms with Crippen molar-refractivity contribution in [1.82, 2.24) is 10.2 Å². The number of hydrogen-bond acceptors (Lipinski definition) is 6. The Labute approximate surface area is 240 Å². The number of benzene rings is 3. The maximum absolute atomic E-state index is 13.5. The van der Waals surface area contributed by atoms with Gasteiger partial charge in [0.15, 0.2) is 0 Å². The third-order valence-corrected chi connectivity index (χ3v) is 8.06. The molecule has 3 N–H and O–H groups in total. The number of para-hydroxylation sites is 2. The third-order valence-electron chi connectivity index (χ3n) is 8.06. The van der Waals surface area contributed by atoms with Gasteiger partial charge in [0.25, 0.3) is 0 Å². The molecule has 210 valence electrons. The molecule has 0 radical (unpaired) electrons. The van der Waals surface area contributed by atoms with Crippen molar-refractivity contribution in [1.29, 1.82) is 0 Å². The van der Waals surface area contributed by atoms with Crippen molar-refractivity contribution in [3.8, 4) is 0 Å². The molecule has 41 heavy (non-hydrogen) atoms. The zero-order chi connectivity index (χ0) is 28.2. The van der Waals surface area contributed by atoms with E-state index in [1.807, 2.05) is 48.5 Å². The van der Waals surface area contributed by atoms with E-state index in [1.54, 1.807) is 18.2 Å². The Morgan fingerprint density at radius 2 is 1.80 bits per heavy atom. The van der Waals surface area contributed by atoms with Crippen LogP contribution in [0.15, 0.2) is 83.9 Å². The average Bonchev–Trinajstić information content (AvgIpc) is 3.83. The summed E-state index contributed by atoms with van der Waals surface area (Å²) in [6.45, 7) is 6.86. The number of hydrogen-bond donors (Lipinski definition) is 3. The Bertz CT molecular complexity index is 1430. The van der Waals surface area contributed by atoms with E-state index in [4.69, 9.17) is 4.74 Å². The highest BCUT2D eigenvalue weighted by Crippen LogP contribution is 2.40. The van der Waals surface area contributed by atoms with Crippen LogP contribution < -0.4 is 16.0 Å². The number of carbonyl (C=O) groups excluding carboxylic acids is 2. The van der Waals surface area contributed by atoms with Crippen LogP contribution in [0.25, 0.3) is 6.08 Å². The first kappa shape index (κ1) is 27.1. The summed E-state index contributed by atoms with van der Waals surface area (Å²) in [5, 5.41) is 9.39. The van der Waals surface area contributed by atoms with Gasteiger partial charge < -0.3 is 20.7 Å². The van der Waals surface area contributed by atoms with Crippen LogP contribution in [0.4, 0.5) is 17.1 Å². The third kappa shape index (κ3) is 6.46. The fourth-order valence-corrected chi connectivity index (χ4v) is 5.37. The van der Waals surface area contributed by atoms with E-state index in [1.165, 1.54) is 24.5 Å². The van der Waals surface area contributed by atoms with Crippen LogP contribution in [0, 0.1) is 0 Å². The normalized spacial score (nSPS) is 20.4. The highest BCUT2D eigenvalue weighted by molar-refractivity contribution is 6.03. The van der Waals surface area contributed by atoms with E-state index in [-0.39, 0.29) is 11.8 Å². The summed E-state index contributed by atoms with van der Waals surface area (Å²) in [5.41, 5.74) is 5.06. The molecule has 2 saturated heterocycles. The lowest BCUT2D eigenvalue weighted by Crippen LogP contribution is -2.71. The number of aliphatic imine (C=N–C) groups is 1. The predicted octanol–water partition coefficient (Wildman–Crippen LogP) is 4.90. The number of fused-ring (bicyclic) bond motifs is 1. The lowest BCUT2D eigenvalue weighted by Gasteiger charge is -2.55. The fourth-order valence-electron chi connectivity index (χ4n) is 5.37. The Morgan fingerprint density at radius 3 is 2.46 bits per heavy atom. The number of nitrogens with one attached hydrogen (secondary N) is 3. The summed E-state index contributed by atoms with van der Waals surface area (Å²) in [7, 11) is 0. The van der Waals surface area contributed by atoms with E-state index in [0.29, 0.717) is 36.0 Å². The van der Waals surface area contributed by atoms with Crippen LogP contribution in [-0.4, -0.2) is 61.8 Å². The molecule has 0 spiro atoms. The molecule has 2 aliphatic heterocycles. The molecule has 6 rings (SSSR count). The van der Waals surface area contributed by atoms with Gasteiger partial charge in [-0.25, -0.2) is 0 Å². The van der Waals surface area contributed by atoms with Crippen molar-refractivity contribution < 1.29 is 14.3 Å². The number of amides is 2. The highest BCUT2D eigenvalue weighted by Gasteiger charge is 2.46. The van der Waals surface area contributed by atoms with Gasteiger partial charge in [0, 0.05) is 31.4 Å². The van der Waals surface area contributed by atoms with Crippen LogP contribution in [0.5, 0.6) is 0 Å². The second kappa shape index (κ2) is 12.2. The van der Waals surface area contributed by atoms with Gasteiger partial charge in [0.1, 0.15) is 6.04 Å². The summed E-state index contributed by atoms with van der Waals surface area (Å²) in [6.07, 6.45) is 6.11. The molecule has 3 aromatic rings. The van der Waals surface area contributed by atoms with E-state index in [0.717, 1.165) is 36.5 Å². The molecule has 3 aromatic carbocycles. The van der Waals surface area contributed by atoms with Crippen molar-refractivity contribution in [3.63, 3.8) is 0 Å². The number of nitrogens with zero attached hydrogens (tertiary/aromatic N) is 2. The molecular weight excluding hydrogens is 514 g/mol. The molecule has 8 heteroatoms. The number of anilines is 2. The van der Waals surface area contributed by atoms with Gasteiger partial charge in [-0.15, -0.1) is 0 Å². The van der Waals surface area contributed by atoms with Crippen molar-refractivity contribution in [2.24, 2.45) is 4.99 Å². The maximum atomic E-state index is 13.5. The molecule has 8 nitrogen and oxygen atoms in total. The van der Waals surface area contributed by atoms with Gasteiger partial charge in [-0.2, -0.15) is 0 Å². The van der Waals surface area contributed by atoms with Gasteiger partial charge in [-0.1, -0.05) is 48.5 Å². The molecule has 3 aliphatic rings. The minimum Gasteiger partial charge on any atom is -0.373 e. The maximum Gasteiger partial charge on any atom is 0.248 e. The second-order valence-corrected chi connectivity index (χ2v) is 10.9. The molecule has 1 saturated carbocycles.